The minimum Gasteiger partial charge on any atom is -0.339 e. The Morgan fingerprint density at radius 2 is 1.54 bits per heavy atom. The number of nitrogens with zero attached hydrogens (tertiary/aromatic N) is 2. The van der Waals surface area contributed by atoms with Crippen molar-refractivity contribution in [2.45, 2.75) is 0 Å². The average Bonchev–Trinajstić information content (AvgIpc) is 2.80. The fourth-order valence-corrected chi connectivity index (χ4v) is 3.01. The van der Waals surface area contributed by atoms with Gasteiger partial charge in [0.15, 0.2) is 0 Å². The molecule has 0 unspecified atom stereocenters. The molecule has 1 heterocycles. The van der Waals surface area contributed by atoms with E-state index >= 15 is 0 Å². The number of para-hydroxylation sites is 1. The van der Waals surface area contributed by atoms with E-state index in [2.05, 4.69) is 0 Å². The molecule has 1 aliphatic rings. The SMILES string of the molecule is CN(C1=C(Cl)C(=O)N(c2ccc(Cl)c(Cl)c2)C1=O)c1ccccc1. The van der Waals surface area contributed by atoms with Crippen molar-refractivity contribution in [3.8, 4) is 0 Å². The second-order valence-electron chi connectivity index (χ2n) is 5.10. The van der Waals surface area contributed by atoms with Crippen LogP contribution in [0.25, 0.3) is 0 Å². The molecule has 4 nitrogen and oxygen atoms in total. The van der Waals surface area contributed by atoms with Crippen LogP contribution < -0.4 is 9.80 Å². The molecule has 0 aliphatic carbocycles. The number of anilines is 2. The van der Waals surface area contributed by atoms with Gasteiger partial charge in [0, 0.05) is 12.7 Å². The highest BCUT2D eigenvalue weighted by Gasteiger charge is 2.41. The first kappa shape index (κ1) is 16.8. The molecule has 0 atom stereocenters. The van der Waals surface area contributed by atoms with Gasteiger partial charge in [-0.05, 0) is 30.3 Å². The second-order valence-corrected chi connectivity index (χ2v) is 6.29. The Hall–Kier alpha value is -2.01. The van der Waals surface area contributed by atoms with Gasteiger partial charge in [-0.25, -0.2) is 4.90 Å². The standard InChI is InChI=1S/C17H11Cl3N2O2/c1-21(10-5-3-2-4-6-10)15-14(20)16(23)22(17(15)24)11-7-8-12(18)13(19)9-11/h2-9H,1H3. The fourth-order valence-electron chi connectivity index (χ4n) is 2.42. The van der Waals surface area contributed by atoms with Crippen molar-refractivity contribution in [1.82, 2.24) is 0 Å². The molecule has 0 fully saturated rings. The monoisotopic (exact) mass is 380 g/mol. The van der Waals surface area contributed by atoms with E-state index in [9.17, 15) is 9.59 Å². The van der Waals surface area contributed by atoms with Crippen molar-refractivity contribution in [3.63, 3.8) is 0 Å². The van der Waals surface area contributed by atoms with Gasteiger partial charge in [-0.2, -0.15) is 0 Å². The number of amides is 2. The molecule has 7 heteroatoms. The number of rotatable bonds is 3. The first-order chi connectivity index (χ1) is 11.4. The molecule has 1 aliphatic heterocycles. The molecule has 0 N–H and O–H groups in total. The van der Waals surface area contributed by atoms with Crippen LogP contribution in [0.3, 0.4) is 0 Å². The zero-order valence-corrected chi connectivity index (χ0v) is 14.7. The molecule has 2 aromatic carbocycles. The summed E-state index contributed by atoms with van der Waals surface area (Å²) < 4.78 is 0. The highest BCUT2D eigenvalue weighted by atomic mass is 35.5. The van der Waals surface area contributed by atoms with Gasteiger partial charge in [-0.3, -0.25) is 9.59 Å². The quantitative estimate of drug-likeness (QED) is 0.737. The van der Waals surface area contributed by atoms with E-state index in [1.54, 1.807) is 18.0 Å². The molecular formula is C17H11Cl3N2O2. The van der Waals surface area contributed by atoms with Crippen molar-refractivity contribution in [3.05, 3.63) is 69.3 Å². The Kier molecular flexibility index (Phi) is 4.54. The fraction of sp³-hybridized carbons (Fsp3) is 0.0588. The number of carbonyl (C=O) groups excluding carboxylic acids is 2. The van der Waals surface area contributed by atoms with Crippen LogP contribution in [0.1, 0.15) is 0 Å². The predicted octanol–water partition coefficient (Wildman–Crippen LogP) is 4.45. The minimum atomic E-state index is -0.599. The van der Waals surface area contributed by atoms with Crippen molar-refractivity contribution < 1.29 is 9.59 Å². The van der Waals surface area contributed by atoms with Gasteiger partial charge in [0.05, 0.1) is 15.7 Å². The Labute approximate surface area is 153 Å². The maximum absolute atomic E-state index is 12.8. The summed E-state index contributed by atoms with van der Waals surface area (Å²) in [5, 5.41) is 0.438. The topological polar surface area (TPSA) is 40.6 Å². The minimum absolute atomic E-state index is 0.110. The summed E-state index contributed by atoms with van der Waals surface area (Å²) in [5.41, 5.74) is 1.16. The van der Waals surface area contributed by atoms with Gasteiger partial charge < -0.3 is 4.90 Å². The molecule has 2 aromatic rings. The van der Waals surface area contributed by atoms with Gasteiger partial charge in [0.25, 0.3) is 11.8 Å². The lowest BCUT2D eigenvalue weighted by Crippen LogP contribution is -2.34. The summed E-state index contributed by atoms with van der Waals surface area (Å²) in [6.45, 7) is 0. The van der Waals surface area contributed by atoms with Gasteiger partial charge in [0.2, 0.25) is 0 Å². The lowest BCUT2D eigenvalue weighted by Gasteiger charge is -2.21. The lowest BCUT2D eigenvalue weighted by molar-refractivity contribution is -0.120. The second kappa shape index (κ2) is 6.48. The largest absolute Gasteiger partial charge is 0.339 e. The van der Waals surface area contributed by atoms with Gasteiger partial charge in [-0.1, -0.05) is 53.0 Å². The molecule has 0 aromatic heterocycles. The number of imide groups is 1. The maximum atomic E-state index is 12.8. The van der Waals surface area contributed by atoms with Crippen molar-refractivity contribution in [1.29, 1.82) is 0 Å². The van der Waals surface area contributed by atoms with Crippen molar-refractivity contribution in [2.75, 3.05) is 16.8 Å². The Morgan fingerprint density at radius 1 is 0.875 bits per heavy atom. The molecule has 24 heavy (non-hydrogen) atoms. The zero-order chi connectivity index (χ0) is 17.4. The third kappa shape index (κ3) is 2.77. The summed E-state index contributed by atoms with van der Waals surface area (Å²) in [6, 6.07) is 13.7. The third-order valence-corrected chi connectivity index (χ3v) is 4.72. The Bertz CT molecular complexity index is 865. The van der Waals surface area contributed by atoms with Gasteiger partial charge in [0.1, 0.15) is 10.7 Å². The molecule has 122 valence electrons. The molecule has 0 bridgehead atoms. The molecule has 2 amide bonds. The molecule has 0 saturated heterocycles. The zero-order valence-electron chi connectivity index (χ0n) is 12.5. The summed E-state index contributed by atoms with van der Waals surface area (Å²) >= 11 is 18.0. The molecule has 0 radical (unpaired) electrons. The number of benzene rings is 2. The van der Waals surface area contributed by atoms with Crippen LogP contribution in [-0.4, -0.2) is 18.9 Å². The molecule has 0 saturated carbocycles. The van der Waals surface area contributed by atoms with Crippen LogP contribution in [0.5, 0.6) is 0 Å². The molecule has 3 rings (SSSR count). The van der Waals surface area contributed by atoms with Crippen molar-refractivity contribution >= 4 is 58.0 Å². The first-order valence-corrected chi connectivity index (χ1v) is 8.07. The van der Waals surface area contributed by atoms with E-state index < -0.39 is 11.8 Å². The summed E-state index contributed by atoms with van der Waals surface area (Å²) in [7, 11) is 1.68. The third-order valence-electron chi connectivity index (χ3n) is 3.64. The van der Waals surface area contributed by atoms with Crippen LogP contribution in [0.15, 0.2) is 59.3 Å². The van der Waals surface area contributed by atoms with Crippen LogP contribution in [0.2, 0.25) is 10.0 Å². The highest BCUT2D eigenvalue weighted by Crippen LogP contribution is 2.35. The first-order valence-electron chi connectivity index (χ1n) is 6.94. The Morgan fingerprint density at radius 3 is 2.17 bits per heavy atom. The van der Waals surface area contributed by atoms with E-state index in [0.29, 0.717) is 10.7 Å². The Balaban J connectivity index is 2.00. The van der Waals surface area contributed by atoms with E-state index in [1.807, 2.05) is 30.3 Å². The van der Waals surface area contributed by atoms with Crippen LogP contribution in [0, 0.1) is 0 Å². The van der Waals surface area contributed by atoms with E-state index in [-0.39, 0.29) is 15.8 Å². The smallest absolute Gasteiger partial charge is 0.283 e. The van der Waals surface area contributed by atoms with Crippen LogP contribution in [0.4, 0.5) is 11.4 Å². The number of hydrogen-bond acceptors (Lipinski definition) is 3. The number of likely N-dealkylation sites (N-methyl/N-ethyl adjacent to an activating group) is 1. The van der Waals surface area contributed by atoms with Gasteiger partial charge in [-0.15, -0.1) is 0 Å². The maximum Gasteiger partial charge on any atom is 0.283 e. The summed E-state index contributed by atoms with van der Waals surface area (Å²) in [4.78, 5) is 27.8. The average molecular weight is 382 g/mol. The molecular weight excluding hydrogens is 371 g/mol. The number of hydrogen-bond donors (Lipinski definition) is 0. The van der Waals surface area contributed by atoms with Crippen molar-refractivity contribution in [2.24, 2.45) is 0 Å². The van der Waals surface area contributed by atoms with E-state index in [1.165, 1.54) is 12.1 Å². The van der Waals surface area contributed by atoms with E-state index in [4.69, 9.17) is 34.8 Å². The normalized spacial score (nSPS) is 14.6. The highest BCUT2D eigenvalue weighted by molar-refractivity contribution is 6.53. The predicted molar refractivity (Wildman–Crippen MR) is 96.7 cm³/mol. The van der Waals surface area contributed by atoms with Crippen LogP contribution >= 0.6 is 34.8 Å². The summed E-state index contributed by atoms with van der Waals surface area (Å²) in [5.74, 6) is -1.12. The van der Waals surface area contributed by atoms with E-state index in [0.717, 1.165) is 10.6 Å². The summed E-state index contributed by atoms with van der Waals surface area (Å²) in [6.07, 6.45) is 0. The van der Waals surface area contributed by atoms with Crippen LogP contribution in [-0.2, 0) is 9.59 Å². The number of carbonyl (C=O) groups is 2. The lowest BCUT2D eigenvalue weighted by atomic mass is 10.2. The molecule has 0 spiro atoms. The van der Waals surface area contributed by atoms with Gasteiger partial charge >= 0.3 is 0 Å². The number of halogens is 3.